The number of nitrogens with zero attached hydrogens (tertiary/aromatic N) is 4. The van der Waals surface area contributed by atoms with Crippen LogP contribution in [0.15, 0.2) is 42.6 Å². The molecule has 2 aliphatic rings. The SMILES string of the molecule is CN(Cc1cccc(CN2CCOCC2)c1)CC1(O)CCN(c2ccc(F)cn2)C1. The van der Waals surface area contributed by atoms with Crippen molar-refractivity contribution >= 4 is 5.82 Å². The van der Waals surface area contributed by atoms with E-state index in [-0.39, 0.29) is 5.82 Å². The lowest BCUT2D eigenvalue weighted by atomic mass is 10.0. The van der Waals surface area contributed by atoms with Crippen molar-refractivity contribution in [2.75, 3.05) is 57.9 Å². The highest BCUT2D eigenvalue weighted by molar-refractivity contribution is 5.40. The summed E-state index contributed by atoms with van der Waals surface area (Å²) in [4.78, 5) is 10.8. The van der Waals surface area contributed by atoms with Gasteiger partial charge in [-0.2, -0.15) is 0 Å². The van der Waals surface area contributed by atoms with Crippen LogP contribution in [0.2, 0.25) is 0 Å². The molecule has 30 heavy (non-hydrogen) atoms. The highest BCUT2D eigenvalue weighted by Crippen LogP contribution is 2.26. The maximum atomic E-state index is 13.1. The number of rotatable bonds is 7. The molecule has 2 saturated heterocycles. The van der Waals surface area contributed by atoms with Crippen LogP contribution in [0.25, 0.3) is 0 Å². The molecule has 6 nitrogen and oxygen atoms in total. The number of β-amino-alcohol motifs (C(OH)–C–C–N with tert-alkyl or cyclic N) is 1. The Morgan fingerprint density at radius 3 is 2.73 bits per heavy atom. The zero-order chi connectivity index (χ0) is 21.0. The largest absolute Gasteiger partial charge is 0.387 e. The van der Waals surface area contributed by atoms with Crippen molar-refractivity contribution in [1.29, 1.82) is 0 Å². The maximum absolute atomic E-state index is 13.1. The van der Waals surface area contributed by atoms with Crippen molar-refractivity contribution in [3.63, 3.8) is 0 Å². The van der Waals surface area contributed by atoms with Crippen LogP contribution < -0.4 is 4.90 Å². The average Bonchev–Trinajstić information content (AvgIpc) is 3.11. The van der Waals surface area contributed by atoms with Gasteiger partial charge in [0.1, 0.15) is 11.6 Å². The topological polar surface area (TPSA) is 52.1 Å². The third kappa shape index (κ3) is 5.55. The Kier molecular flexibility index (Phi) is 6.63. The summed E-state index contributed by atoms with van der Waals surface area (Å²) in [5.41, 5.74) is 1.77. The van der Waals surface area contributed by atoms with Gasteiger partial charge in [0.15, 0.2) is 0 Å². The van der Waals surface area contributed by atoms with Gasteiger partial charge in [0, 0.05) is 45.8 Å². The van der Waals surface area contributed by atoms with E-state index in [2.05, 4.69) is 39.0 Å². The van der Waals surface area contributed by atoms with Gasteiger partial charge >= 0.3 is 0 Å². The van der Waals surface area contributed by atoms with Crippen molar-refractivity contribution in [2.45, 2.75) is 25.1 Å². The highest BCUT2D eigenvalue weighted by atomic mass is 19.1. The Balaban J connectivity index is 1.31. The predicted molar refractivity (Wildman–Crippen MR) is 115 cm³/mol. The first-order valence-electron chi connectivity index (χ1n) is 10.6. The lowest BCUT2D eigenvalue weighted by Crippen LogP contribution is -2.43. The first-order valence-corrected chi connectivity index (χ1v) is 10.6. The minimum atomic E-state index is -0.795. The monoisotopic (exact) mass is 414 g/mol. The number of benzene rings is 1. The Morgan fingerprint density at radius 1 is 1.17 bits per heavy atom. The molecule has 1 atom stereocenters. The number of anilines is 1. The summed E-state index contributed by atoms with van der Waals surface area (Å²) < 4.78 is 18.6. The van der Waals surface area contributed by atoms with Gasteiger partial charge < -0.3 is 14.7 Å². The zero-order valence-corrected chi connectivity index (χ0v) is 17.6. The fraction of sp³-hybridized carbons (Fsp3) is 0.522. The summed E-state index contributed by atoms with van der Waals surface area (Å²) in [6, 6.07) is 11.8. The second kappa shape index (κ2) is 9.39. The van der Waals surface area contributed by atoms with Gasteiger partial charge in [0.2, 0.25) is 0 Å². The van der Waals surface area contributed by atoms with Crippen molar-refractivity contribution in [2.24, 2.45) is 0 Å². The maximum Gasteiger partial charge on any atom is 0.141 e. The van der Waals surface area contributed by atoms with Gasteiger partial charge in [-0.3, -0.25) is 9.80 Å². The molecule has 0 amide bonds. The van der Waals surface area contributed by atoms with E-state index in [0.717, 1.165) is 45.9 Å². The number of hydrogen-bond donors (Lipinski definition) is 1. The third-order valence-corrected chi connectivity index (χ3v) is 5.89. The van der Waals surface area contributed by atoms with Gasteiger partial charge in [-0.1, -0.05) is 24.3 Å². The summed E-state index contributed by atoms with van der Waals surface area (Å²) in [7, 11) is 2.05. The lowest BCUT2D eigenvalue weighted by Gasteiger charge is -2.29. The number of aliphatic hydroxyl groups is 1. The number of ether oxygens (including phenoxy) is 1. The minimum Gasteiger partial charge on any atom is -0.387 e. The van der Waals surface area contributed by atoms with Gasteiger partial charge in [0.05, 0.1) is 25.0 Å². The van der Waals surface area contributed by atoms with Crippen LogP contribution in [-0.4, -0.2) is 78.5 Å². The first kappa shape index (κ1) is 21.2. The fourth-order valence-corrected chi connectivity index (χ4v) is 4.45. The van der Waals surface area contributed by atoms with Crippen LogP contribution in [0.3, 0.4) is 0 Å². The van der Waals surface area contributed by atoms with E-state index in [1.54, 1.807) is 6.07 Å². The van der Waals surface area contributed by atoms with E-state index in [1.165, 1.54) is 23.4 Å². The molecule has 0 aliphatic carbocycles. The molecule has 1 unspecified atom stereocenters. The molecule has 3 heterocycles. The Bertz CT molecular complexity index is 828. The molecular formula is C23H31FN4O2. The fourth-order valence-electron chi connectivity index (χ4n) is 4.45. The summed E-state index contributed by atoms with van der Waals surface area (Å²) in [5, 5.41) is 11.1. The molecule has 1 N–H and O–H groups in total. The van der Waals surface area contributed by atoms with Crippen LogP contribution in [-0.2, 0) is 17.8 Å². The number of likely N-dealkylation sites (N-methyl/N-ethyl adjacent to an activating group) is 1. The number of halogens is 1. The third-order valence-electron chi connectivity index (χ3n) is 5.89. The summed E-state index contributed by atoms with van der Waals surface area (Å²) in [5.74, 6) is 0.370. The van der Waals surface area contributed by atoms with Crippen LogP contribution in [0.5, 0.6) is 0 Å². The van der Waals surface area contributed by atoms with E-state index >= 15 is 0 Å². The Hall–Kier alpha value is -2.06. The van der Waals surface area contributed by atoms with Crippen molar-refractivity contribution in [3.05, 3.63) is 59.5 Å². The van der Waals surface area contributed by atoms with E-state index in [0.29, 0.717) is 25.3 Å². The number of pyridine rings is 1. The molecule has 1 aromatic carbocycles. The average molecular weight is 415 g/mol. The Labute approximate surface area is 177 Å². The first-order chi connectivity index (χ1) is 14.5. The van der Waals surface area contributed by atoms with Crippen molar-refractivity contribution < 1.29 is 14.2 Å². The van der Waals surface area contributed by atoms with Crippen LogP contribution in [0.1, 0.15) is 17.5 Å². The summed E-state index contributed by atoms with van der Waals surface area (Å²) in [6.45, 7) is 7.13. The van der Waals surface area contributed by atoms with Crippen LogP contribution in [0, 0.1) is 5.82 Å². The molecule has 0 saturated carbocycles. The second-order valence-electron chi connectivity index (χ2n) is 8.61. The summed E-state index contributed by atoms with van der Waals surface area (Å²) in [6.07, 6.45) is 1.90. The Morgan fingerprint density at radius 2 is 1.97 bits per heavy atom. The molecule has 0 radical (unpaired) electrons. The molecular weight excluding hydrogens is 383 g/mol. The molecule has 2 aliphatic heterocycles. The van der Waals surface area contributed by atoms with Gasteiger partial charge in [-0.05, 0) is 36.7 Å². The van der Waals surface area contributed by atoms with E-state index in [1.807, 2.05) is 11.9 Å². The summed E-state index contributed by atoms with van der Waals surface area (Å²) >= 11 is 0. The van der Waals surface area contributed by atoms with Crippen molar-refractivity contribution in [1.82, 2.24) is 14.8 Å². The normalized spacial score (nSPS) is 22.7. The van der Waals surface area contributed by atoms with Crippen molar-refractivity contribution in [3.8, 4) is 0 Å². The van der Waals surface area contributed by atoms with E-state index in [9.17, 15) is 9.50 Å². The smallest absolute Gasteiger partial charge is 0.141 e. The molecule has 2 aromatic rings. The molecule has 162 valence electrons. The van der Waals surface area contributed by atoms with Crippen LogP contribution >= 0.6 is 0 Å². The molecule has 4 rings (SSSR count). The number of morpholine rings is 1. The predicted octanol–water partition coefficient (Wildman–Crippen LogP) is 2.13. The standard InChI is InChI=1S/C23H31FN4O2/c1-26(15-19-3-2-4-20(13-19)16-27-9-11-30-12-10-27)17-23(29)7-8-28(18-23)22-6-5-21(24)14-25-22/h2-6,13-14,29H,7-12,15-18H2,1H3. The van der Waals surface area contributed by atoms with Gasteiger partial charge in [-0.15, -0.1) is 0 Å². The van der Waals surface area contributed by atoms with Gasteiger partial charge in [0.25, 0.3) is 0 Å². The van der Waals surface area contributed by atoms with E-state index in [4.69, 9.17) is 4.74 Å². The van der Waals surface area contributed by atoms with Gasteiger partial charge in [-0.25, -0.2) is 9.37 Å². The molecule has 7 heteroatoms. The molecule has 1 aromatic heterocycles. The van der Waals surface area contributed by atoms with Crippen LogP contribution in [0.4, 0.5) is 10.2 Å². The van der Waals surface area contributed by atoms with E-state index < -0.39 is 5.60 Å². The molecule has 0 bridgehead atoms. The number of aromatic nitrogens is 1. The molecule has 2 fully saturated rings. The highest BCUT2D eigenvalue weighted by Gasteiger charge is 2.37. The number of hydrogen-bond acceptors (Lipinski definition) is 6. The lowest BCUT2D eigenvalue weighted by molar-refractivity contribution is 0.0279. The quantitative estimate of drug-likeness (QED) is 0.749. The minimum absolute atomic E-state index is 0.344. The molecule has 0 spiro atoms. The second-order valence-corrected chi connectivity index (χ2v) is 8.61. The zero-order valence-electron chi connectivity index (χ0n) is 17.6.